The van der Waals surface area contributed by atoms with Gasteiger partial charge in [0.25, 0.3) is 0 Å². The number of hydrogen-bond donors (Lipinski definition) is 1. The number of hydrogen-bond acceptors (Lipinski definition) is 3. The molecule has 2 atom stereocenters. The SMILES string of the molecule is Cc1ccc([C@H](CS(=O)(=O)c2ccccc2)N[S@@](=O)C(C)(C)C)cc1. The lowest BCUT2D eigenvalue weighted by Crippen LogP contribution is -2.38. The van der Waals surface area contributed by atoms with Gasteiger partial charge in [0.2, 0.25) is 0 Å². The molecule has 6 heteroatoms. The fourth-order valence-corrected chi connectivity index (χ4v) is 4.66. The van der Waals surface area contributed by atoms with Crippen LogP contribution in [0, 0.1) is 6.92 Å². The van der Waals surface area contributed by atoms with Gasteiger partial charge in [-0.1, -0.05) is 48.0 Å². The quantitative estimate of drug-likeness (QED) is 0.835. The van der Waals surface area contributed by atoms with E-state index in [1.807, 2.05) is 52.0 Å². The van der Waals surface area contributed by atoms with Crippen LogP contribution in [-0.4, -0.2) is 23.1 Å². The molecule has 0 unspecified atom stereocenters. The van der Waals surface area contributed by atoms with E-state index >= 15 is 0 Å². The lowest BCUT2D eigenvalue weighted by molar-refractivity contribution is 0.579. The van der Waals surface area contributed by atoms with Crippen molar-refractivity contribution in [3.8, 4) is 0 Å². The third kappa shape index (κ3) is 5.49. The highest BCUT2D eigenvalue weighted by molar-refractivity contribution is 7.91. The molecule has 2 rings (SSSR count). The zero-order valence-corrected chi connectivity index (χ0v) is 16.7. The Balaban J connectivity index is 2.34. The first-order chi connectivity index (χ1) is 11.6. The molecule has 0 aliphatic heterocycles. The Morgan fingerprint density at radius 1 is 1.00 bits per heavy atom. The summed E-state index contributed by atoms with van der Waals surface area (Å²) in [4.78, 5) is 0.274. The molecule has 2 aromatic rings. The Morgan fingerprint density at radius 3 is 2.08 bits per heavy atom. The lowest BCUT2D eigenvalue weighted by atomic mass is 10.1. The van der Waals surface area contributed by atoms with Crippen LogP contribution in [-0.2, 0) is 20.8 Å². The maximum absolute atomic E-state index is 12.8. The molecular formula is C19H25NO3S2. The van der Waals surface area contributed by atoms with Crippen molar-refractivity contribution in [3.63, 3.8) is 0 Å². The molecule has 25 heavy (non-hydrogen) atoms. The molecule has 0 spiro atoms. The van der Waals surface area contributed by atoms with Crippen molar-refractivity contribution in [2.24, 2.45) is 0 Å². The summed E-state index contributed by atoms with van der Waals surface area (Å²) in [6.45, 7) is 7.54. The van der Waals surface area contributed by atoms with Gasteiger partial charge in [0, 0.05) is 0 Å². The average molecular weight is 380 g/mol. The Morgan fingerprint density at radius 2 is 1.56 bits per heavy atom. The summed E-state index contributed by atoms with van der Waals surface area (Å²) >= 11 is 0. The van der Waals surface area contributed by atoms with E-state index in [4.69, 9.17) is 0 Å². The van der Waals surface area contributed by atoms with Gasteiger partial charge in [0.1, 0.15) is 0 Å². The van der Waals surface area contributed by atoms with Crippen LogP contribution < -0.4 is 4.72 Å². The predicted molar refractivity (Wildman–Crippen MR) is 103 cm³/mol. The van der Waals surface area contributed by atoms with E-state index in [0.717, 1.165) is 11.1 Å². The minimum absolute atomic E-state index is 0.151. The topological polar surface area (TPSA) is 63.2 Å². The minimum Gasteiger partial charge on any atom is -0.242 e. The van der Waals surface area contributed by atoms with Crippen LogP contribution in [0.25, 0.3) is 0 Å². The van der Waals surface area contributed by atoms with Crippen molar-refractivity contribution in [1.82, 2.24) is 4.72 Å². The van der Waals surface area contributed by atoms with Gasteiger partial charge in [0.05, 0.1) is 32.4 Å². The maximum atomic E-state index is 12.8. The van der Waals surface area contributed by atoms with Crippen LogP contribution in [0.5, 0.6) is 0 Å². The highest BCUT2D eigenvalue weighted by atomic mass is 32.2. The molecule has 0 fully saturated rings. The van der Waals surface area contributed by atoms with Gasteiger partial charge in [-0.3, -0.25) is 0 Å². The molecule has 0 amide bonds. The lowest BCUT2D eigenvalue weighted by Gasteiger charge is -2.24. The van der Waals surface area contributed by atoms with Crippen LogP contribution in [0.1, 0.15) is 37.9 Å². The molecule has 1 N–H and O–H groups in total. The fourth-order valence-electron chi connectivity index (χ4n) is 2.25. The summed E-state index contributed by atoms with van der Waals surface area (Å²) < 4.78 is 40.6. The van der Waals surface area contributed by atoms with Crippen LogP contribution >= 0.6 is 0 Å². The molecule has 0 saturated carbocycles. The van der Waals surface area contributed by atoms with Crippen LogP contribution in [0.2, 0.25) is 0 Å². The largest absolute Gasteiger partial charge is 0.242 e. The molecule has 0 saturated heterocycles. The molecule has 0 aliphatic carbocycles. The monoisotopic (exact) mass is 379 g/mol. The van der Waals surface area contributed by atoms with Gasteiger partial charge in [-0.15, -0.1) is 0 Å². The third-order valence-electron chi connectivity index (χ3n) is 3.77. The van der Waals surface area contributed by atoms with E-state index in [2.05, 4.69) is 4.72 Å². The van der Waals surface area contributed by atoms with Gasteiger partial charge >= 0.3 is 0 Å². The average Bonchev–Trinajstić information content (AvgIpc) is 2.54. The minimum atomic E-state index is -3.51. The number of nitrogens with one attached hydrogen (secondary N) is 1. The highest BCUT2D eigenvalue weighted by Gasteiger charge is 2.28. The van der Waals surface area contributed by atoms with Gasteiger partial charge in [0.15, 0.2) is 9.84 Å². The molecule has 0 aromatic heterocycles. The fraction of sp³-hybridized carbons (Fsp3) is 0.368. The van der Waals surface area contributed by atoms with E-state index in [-0.39, 0.29) is 10.6 Å². The molecule has 2 aromatic carbocycles. The van der Waals surface area contributed by atoms with Crippen molar-refractivity contribution < 1.29 is 12.6 Å². The smallest absolute Gasteiger partial charge is 0.180 e. The van der Waals surface area contributed by atoms with Gasteiger partial charge in [-0.2, -0.15) is 0 Å². The summed E-state index contributed by atoms with van der Waals surface area (Å²) in [7, 11) is -4.88. The first kappa shape index (κ1) is 19.8. The first-order valence-corrected chi connectivity index (χ1v) is 10.9. The second-order valence-electron chi connectivity index (χ2n) is 7.06. The number of benzene rings is 2. The van der Waals surface area contributed by atoms with Crippen LogP contribution in [0.15, 0.2) is 59.5 Å². The van der Waals surface area contributed by atoms with E-state index < -0.39 is 31.6 Å². The second-order valence-corrected chi connectivity index (χ2v) is 11.1. The molecule has 4 nitrogen and oxygen atoms in total. The third-order valence-corrected chi connectivity index (χ3v) is 7.15. The molecule has 136 valence electrons. The summed E-state index contributed by atoms with van der Waals surface area (Å²) in [6.07, 6.45) is 0. The Kier molecular flexibility index (Phi) is 6.19. The van der Waals surface area contributed by atoms with Crippen LogP contribution in [0.4, 0.5) is 0 Å². The maximum Gasteiger partial charge on any atom is 0.180 e. The van der Waals surface area contributed by atoms with Crippen LogP contribution in [0.3, 0.4) is 0 Å². The number of sulfone groups is 1. The van der Waals surface area contributed by atoms with E-state index in [1.165, 1.54) is 0 Å². The van der Waals surface area contributed by atoms with Crippen molar-refractivity contribution in [1.29, 1.82) is 0 Å². The van der Waals surface area contributed by atoms with Gasteiger partial charge in [-0.05, 0) is 45.4 Å². The molecule has 0 radical (unpaired) electrons. The standard InChI is InChI=1S/C19H25NO3S2/c1-15-10-12-16(13-11-15)18(20-24(21)19(2,3)4)14-25(22,23)17-8-6-5-7-9-17/h5-13,18,20H,14H2,1-4H3/t18-,24-/m0/s1. The van der Waals surface area contributed by atoms with E-state index in [1.54, 1.807) is 30.3 Å². The predicted octanol–water partition coefficient (Wildman–Crippen LogP) is 3.56. The summed E-state index contributed by atoms with van der Waals surface area (Å²) in [5.74, 6) is -0.151. The molecule has 0 heterocycles. The van der Waals surface area contributed by atoms with Crippen molar-refractivity contribution in [3.05, 3.63) is 65.7 Å². The van der Waals surface area contributed by atoms with Crippen molar-refractivity contribution in [2.45, 2.75) is 43.4 Å². The zero-order chi connectivity index (χ0) is 18.7. The van der Waals surface area contributed by atoms with Gasteiger partial charge < -0.3 is 0 Å². The number of rotatable bonds is 6. The number of aryl methyl sites for hydroxylation is 1. The summed E-state index contributed by atoms with van der Waals surface area (Å²) in [6, 6.07) is 15.4. The Hall–Kier alpha value is -1.50. The normalized spacial score (nSPS) is 14.9. The first-order valence-electron chi connectivity index (χ1n) is 8.12. The van der Waals surface area contributed by atoms with Crippen molar-refractivity contribution in [2.75, 3.05) is 5.75 Å². The second kappa shape index (κ2) is 7.81. The van der Waals surface area contributed by atoms with Crippen molar-refractivity contribution >= 4 is 20.8 Å². The van der Waals surface area contributed by atoms with Gasteiger partial charge in [-0.25, -0.2) is 17.3 Å². The summed E-state index contributed by atoms with van der Waals surface area (Å²) in [5.41, 5.74) is 1.90. The summed E-state index contributed by atoms with van der Waals surface area (Å²) in [5, 5.41) is 0. The molecular weight excluding hydrogens is 354 g/mol. The Labute approximate surface area is 153 Å². The highest BCUT2D eigenvalue weighted by Crippen LogP contribution is 2.23. The van der Waals surface area contributed by atoms with E-state index in [9.17, 15) is 12.6 Å². The Bertz CT molecular complexity index is 823. The molecule has 0 bridgehead atoms. The molecule has 0 aliphatic rings. The zero-order valence-electron chi connectivity index (χ0n) is 15.0. The van der Waals surface area contributed by atoms with E-state index in [0.29, 0.717) is 0 Å².